The first-order valence-electron chi connectivity index (χ1n) is 5.04. The number of nitrogens with one attached hydrogen (secondary N) is 2. The zero-order chi connectivity index (χ0) is 12.2. The van der Waals surface area contributed by atoms with Crippen LogP contribution in [0.2, 0.25) is 0 Å². The van der Waals surface area contributed by atoms with E-state index in [2.05, 4.69) is 10.0 Å². The van der Waals surface area contributed by atoms with E-state index in [1.165, 1.54) is 0 Å². The lowest BCUT2D eigenvalue weighted by atomic mass is 10.1. The van der Waals surface area contributed by atoms with Gasteiger partial charge in [-0.25, -0.2) is 13.1 Å². The molecule has 0 spiro atoms. The molecule has 0 aliphatic heterocycles. The number of sulfonamides is 1. The maximum atomic E-state index is 11.4. The van der Waals surface area contributed by atoms with Crippen molar-refractivity contribution >= 4 is 15.9 Å². The summed E-state index contributed by atoms with van der Waals surface area (Å²) in [5.74, 6) is -0.241. The second-order valence-electron chi connectivity index (χ2n) is 3.97. The second-order valence-corrected chi connectivity index (χ2v) is 5.80. The molecule has 0 aromatic rings. The van der Waals surface area contributed by atoms with Crippen LogP contribution in [0, 0.1) is 16.7 Å². The second kappa shape index (κ2) is 4.80. The summed E-state index contributed by atoms with van der Waals surface area (Å²) in [5, 5.41) is 11.4. The molecule has 1 aliphatic rings. The average molecular weight is 245 g/mol. The van der Waals surface area contributed by atoms with E-state index in [1.807, 2.05) is 6.07 Å². The molecule has 16 heavy (non-hydrogen) atoms. The van der Waals surface area contributed by atoms with Crippen molar-refractivity contribution in [2.24, 2.45) is 5.41 Å². The van der Waals surface area contributed by atoms with Crippen LogP contribution in [-0.2, 0) is 14.8 Å². The summed E-state index contributed by atoms with van der Waals surface area (Å²) < 4.78 is 23.7. The molecule has 2 N–H and O–H groups in total. The molecule has 0 aromatic heterocycles. The van der Waals surface area contributed by atoms with Crippen LogP contribution >= 0.6 is 0 Å². The fourth-order valence-electron chi connectivity index (χ4n) is 1.23. The monoisotopic (exact) mass is 245 g/mol. The number of nitrogens with zero attached hydrogens (tertiary/aromatic N) is 1. The Morgan fingerprint density at radius 3 is 2.50 bits per heavy atom. The van der Waals surface area contributed by atoms with Gasteiger partial charge in [0.2, 0.25) is 15.9 Å². The number of hydrogen-bond donors (Lipinski definition) is 2. The number of carbonyl (C=O) groups is 1. The van der Waals surface area contributed by atoms with Crippen LogP contribution in [0.3, 0.4) is 0 Å². The third-order valence-electron chi connectivity index (χ3n) is 2.40. The maximum absolute atomic E-state index is 11.4. The minimum atomic E-state index is -3.16. The van der Waals surface area contributed by atoms with E-state index in [-0.39, 0.29) is 5.91 Å². The number of rotatable bonds is 6. The fraction of sp³-hybridized carbons (Fsp3) is 0.778. The van der Waals surface area contributed by atoms with Gasteiger partial charge in [0.05, 0.1) is 12.3 Å². The zero-order valence-electron chi connectivity index (χ0n) is 9.12. The van der Waals surface area contributed by atoms with Gasteiger partial charge in [0, 0.05) is 13.1 Å². The molecule has 0 unspecified atom stereocenters. The summed E-state index contributed by atoms with van der Waals surface area (Å²) in [4.78, 5) is 11.4. The Bertz CT molecular complexity index is 406. The molecule has 90 valence electrons. The SMILES string of the molecule is CS(=O)(=O)NCCCNC(=O)C1(C#N)CC1. The van der Waals surface area contributed by atoms with Gasteiger partial charge in [0.15, 0.2) is 0 Å². The molecule has 1 aliphatic carbocycles. The molecule has 7 heteroatoms. The smallest absolute Gasteiger partial charge is 0.240 e. The molecule has 0 saturated heterocycles. The largest absolute Gasteiger partial charge is 0.355 e. The van der Waals surface area contributed by atoms with E-state index in [0.717, 1.165) is 6.26 Å². The van der Waals surface area contributed by atoms with Crippen LogP contribution in [0.15, 0.2) is 0 Å². The van der Waals surface area contributed by atoms with E-state index >= 15 is 0 Å². The normalized spacial score (nSPS) is 17.5. The van der Waals surface area contributed by atoms with Crippen molar-refractivity contribution in [3.05, 3.63) is 0 Å². The molecule has 0 aromatic carbocycles. The molecule has 0 heterocycles. The molecular weight excluding hydrogens is 230 g/mol. The Labute approximate surface area is 95.1 Å². The van der Waals surface area contributed by atoms with Gasteiger partial charge in [-0.2, -0.15) is 5.26 Å². The van der Waals surface area contributed by atoms with Crippen molar-refractivity contribution in [2.75, 3.05) is 19.3 Å². The van der Waals surface area contributed by atoms with Crippen LogP contribution in [0.1, 0.15) is 19.3 Å². The molecule has 0 bridgehead atoms. The molecule has 0 atom stereocenters. The summed E-state index contributed by atoms with van der Waals surface area (Å²) in [6, 6.07) is 1.99. The van der Waals surface area contributed by atoms with Crippen LogP contribution in [0.4, 0.5) is 0 Å². The molecule has 0 radical (unpaired) electrons. The van der Waals surface area contributed by atoms with Crippen LogP contribution < -0.4 is 10.0 Å². The highest BCUT2D eigenvalue weighted by Gasteiger charge is 2.50. The van der Waals surface area contributed by atoms with Crippen LogP contribution in [-0.4, -0.2) is 33.7 Å². The Balaban J connectivity index is 2.13. The summed E-state index contributed by atoms with van der Waals surface area (Å²) in [5.41, 5.74) is -0.801. The number of hydrogen-bond acceptors (Lipinski definition) is 4. The first kappa shape index (κ1) is 12.9. The lowest BCUT2D eigenvalue weighted by molar-refractivity contribution is -0.124. The quantitative estimate of drug-likeness (QED) is 0.607. The van der Waals surface area contributed by atoms with Gasteiger partial charge < -0.3 is 5.32 Å². The maximum Gasteiger partial charge on any atom is 0.240 e. The van der Waals surface area contributed by atoms with E-state index in [4.69, 9.17) is 5.26 Å². The van der Waals surface area contributed by atoms with Crippen molar-refractivity contribution in [2.45, 2.75) is 19.3 Å². The molecule has 6 nitrogen and oxygen atoms in total. The summed E-state index contributed by atoms with van der Waals surface area (Å²) in [6.45, 7) is 0.670. The van der Waals surface area contributed by atoms with Crippen molar-refractivity contribution in [3.8, 4) is 6.07 Å². The first-order valence-corrected chi connectivity index (χ1v) is 6.93. The Morgan fingerprint density at radius 1 is 1.44 bits per heavy atom. The van der Waals surface area contributed by atoms with E-state index < -0.39 is 15.4 Å². The number of amides is 1. The van der Waals surface area contributed by atoms with Gasteiger partial charge in [-0.05, 0) is 19.3 Å². The van der Waals surface area contributed by atoms with Crippen molar-refractivity contribution in [1.82, 2.24) is 10.0 Å². The minimum absolute atomic E-state index is 0.241. The Kier molecular flexibility index (Phi) is 3.88. The fourth-order valence-corrected chi connectivity index (χ4v) is 1.75. The molecule has 1 saturated carbocycles. The highest BCUT2D eigenvalue weighted by atomic mass is 32.2. The predicted octanol–water partition coefficient (Wildman–Crippen LogP) is -0.654. The number of carbonyl (C=O) groups excluding carboxylic acids is 1. The molecular formula is C9H15N3O3S. The Hall–Kier alpha value is -1.13. The van der Waals surface area contributed by atoms with Gasteiger partial charge in [-0.15, -0.1) is 0 Å². The van der Waals surface area contributed by atoms with Crippen LogP contribution in [0.25, 0.3) is 0 Å². The van der Waals surface area contributed by atoms with Crippen molar-refractivity contribution in [3.63, 3.8) is 0 Å². The third-order valence-corrected chi connectivity index (χ3v) is 3.13. The highest BCUT2D eigenvalue weighted by Crippen LogP contribution is 2.44. The molecule has 1 rings (SSSR count). The lowest BCUT2D eigenvalue weighted by Crippen LogP contribution is -2.33. The van der Waals surface area contributed by atoms with Crippen molar-refractivity contribution < 1.29 is 13.2 Å². The van der Waals surface area contributed by atoms with Gasteiger partial charge in [0.1, 0.15) is 5.41 Å². The Morgan fingerprint density at radius 2 is 2.06 bits per heavy atom. The number of nitriles is 1. The van der Waals surface area contributed by atoms with Gasteiger partial charge in [0.25, 0.3) is 0 Å². The van der Waals surface area contributed by atoms with Gasteiger partial charge in [-0.1, -0.05) is 0 Å². The van der Waals surface area contributed by atoms with E-state index in [9.17, 15) is 13.2 Å². The van der Waals surface area contributed by atoms with Crippen molar-refractivity contribution in [1.29, 1.82) is 5.26 Å². The van der Waals surface area contributed by atoms with Gasteiger partial charge in [-0.3, -0.25) is 4.79 Å². The minimum Gasteiger partial charge on any atom is -0.355 e. The topological polar surface area (TPSA) is 99.1 Å². The standard InChI is InChI=1S/C9H15N3O3S/c1-16(14,15)12-6-2-5-11-8(13)9(7-10)3-4-9/h12H,2-6H2,1H3,(H,11,13). The molecule has 1 fully saturated rings. The average Bonchev–Trinajstić information content (AvgIpc) is 2.95. The zero-order valence-corrected chi connectivity index (χ0v) is 9.93. The third kappa shape index (κ3) is 3.79. The van der Waals surface area contributed by atoms with Gasteiger partial charge >= 0.3 is 0 Å². The summed E-state index contributed by atoms with van der Waals surface area (Å²) in [7, 11) is -3.16. The summed E-state index contributed by atoms with van der Waals surface area (Å²) in [6.07, 6.45) is 2.84. The van der Waals surface area contributed by atoms with Crippen LogP contribution in [0.5, 0.6) is 0 Å². The lowest BCUT2D eigenvalue weighted by Gasteiger charge is -2.07. The first-order chi connectivity index (χ1) is 7.40. The van der Waals surface area contributed by atoms with E-state index in [1.54, 1.807) is 0 Å². The van der Waals surface area contributed by atoms with E-state index in [0.29, 0.717) is 32.4 Å². The highest BCUT2D eigenvalue weighted by molar-refractivity contribution is 7.88. The predicted molar refractivity (Wildman–Crippen MR) is 57.8 cm³/mol. The molecule has 1 amide bonds. The summed E-state index contributed by atoms with van der Waals surface area (Å²) >= 11 is 0.